The minimum atomic E-state index is -0.572. The predicted molar refractivity (Wildman–Crippen MR) is 136 cm³/mol. The first-order chi connectivity index (χ1) is 16.3. The molecule has 176 valence electrons. The van der Waals surface area contributed by atoms with Crippen molar-refractivity contribution in [1.29, 1.82) is 5.26 Å². The first-order valence-electron chi connectivity index (χ1n) is 10.1. The fourth-order valence-corrected chi connectivity index (χ4v) is 5.07. The predicted octanol–water partition coefficient (Wildman–Crippen LogP) is 6.82. The van der Waals surface area contributed by atoms with Crippen LogP contribution in [0.25, 0.3) is 16.8 Å². The van der Waals surface area contributed by atoms with E-state index in [4.69, 9.17) is 32.7 Å². The Morgan fingerprint density at radius 1 is 1.18 bits per heavy atom. The van der Waals surface area contributed by atoms with Gasteiger partial charge in [-0.1, -0.05) is 29.3 Å². The minimum absolute atomic E-state index is 0.179. The maximum absolute atomic E-state index is 12.6. The second kappa shape index (κ2) is 11.5. The third-order valence-corrected chi connectivity index (χ3v) is 7.32. The Balaban J connectivity index is 1.94. The Kier molecular flexibility index (Phi) is 8.69. The van der Waals surface area contributed by atoms with Crippen LogP contribution in [0.15, 0.2) is 29.8 Å². The highest BCUT2D eigenvalue weighted by Crippen LogP contribution is 2.35. The number of ether oxygens (including phenoxy) is 2. The van der Waals surface area contributed by atoms with Crippen molar-refractivity contribution in [2.24, 2.45) is 0 Å². The quantitative estimate of drug-likeness (QED) is 0.249. The van der Waals surface area contributed by atoms with Crippen molar-refractivity contribution in [2.75, 3.05) is 18.5 Å². The van der Waals surface area contributed by atoms with Gasteiger partial charge in [-0.15, -0.1) is 22.7 Å². The molecule has 1 aromatic carbocycles. The van der Waals surface area contributed by atoms with Gasteiger partial charge in [-0.2, -0.15) is 5.26 Å². The van der Waals surface area contributed by atoms with Crippen LogP contribution in [-0.4, -0.2) is 30.1 Å². The van der Waals surface area contributed by atoms with E-state index in [0.29, 0.717) is 31.3 Å². The molecule has 0 bridgehead atoms. The van der Waals surface area contributed by atoms with Gasteiger partial charge in [0.2, 0.25) is 0 Å². The summed E-state index contributed by atoms with van der Waals surface area (Å²) < 4.78 is 10.2. The van der Waals surface area contributed by atoms with Crippen LogP contribution in [0.4, 0.5) is 5.00 Å². The largest absolute Gasteiger partial charge is 0.462 e. The first-order valence-corrected chi connectivity index (χ1v) is 12.5. The van der Waals surface area contributed by atoms with E-state index < -0.39 is 11.9 Å². The molecule has 3 rings (SSSR count). The van der Waals surface area contributed by atoms with Crippen LogP contribution in [0.2, 0.25) is 10.0 Å². The Morgan fingerprint density at radius 2 is 1.88 bits per heavy atom. The normalized spacial score (nSPS) is 11.1. The summed E-state index contributed by atoms with van der Waals surface area (Å²) in [5.74, 6) is -1.10. The van der Waals surface area contributed by atoms with Crippen LogP contribution < -0.4 is 5.32 Å². The van der Waals surface area contributed by atoms with E-state index in [0.717, 1.165) is 16.9 Å². The average molecular weight is 536 g/mol. The van der Waals surface area contributed by atoms with Crippen molar-refractivity contribution in [2.45, 2.75) is 20.8 Å². The zero-order chi connectivity index (χ0) is 24.8. The molecule has 0 aliphatic carbocycles. The number of carbonyl (C=O) groups excluding carboxylic acids is 2. The van der Waals surface area contributed by atoms with Gasteiger partial charge in [0, 0.05) is 17.1 Å². The summed E-state index contributed by atoms with van der Waals surface area (Å²) >= 11 is 14.4. The summed E-state index contributed by atoms with van der Waals surface area (Å²) in [4.78, 5) is 29.7. The highest BCUT2D eigenvalue weighted by Gasteiger charge is 2.26. The number of nitriles is 1. The third kappa shape index (κ3) is 5.59. The lowest BCUT2D eigenvalue weighted by molar-refractivity contribution is 0.0527. The maximum Gasteiger partial charge on any atom is 0.348 e. The van der Waals surface area contributed by atoms with Crippen LogP contribution in [0.1, 0.15) is 44.4 Å². The van der Waals surface area contributed by atoms with Crippen LogP contribution in [0.3, 0.4) is 0 Å². The van der Waals surface area contributed by atoms with Gasteiger partial charge in [-0.05, 0) is 38.5 Å². The fourth-order valence-electron chi connectivity index (χ4n) is 2.92. The lowest BCUT2D eigenvalue weighted by Crippen LogP contribution is -2.09. The number of thiazole rings is 1. The number of hydrogen-bond acceptors (Lipinski definition) is 9. The monoisotopic (exact) mass is 535 g/mol. The summed E-state index contributed by atoms with van der Waals surface area (Å²) in [6.07, 6.45) is 1.44. The van der Waals surface area contributed by atoms with E-state index in [-0.39, 0.29) is 29.2 Å². The van der Waals surface area contributed by atoms with Crippen LogP contribution in [-0.2, 0) is 9.47 Å². The Hall–Kier alpha value is -2.90. The zero-order valence-corrected chi connectivity index (χ0v) is 21.5. The molecular weight excluding hydrogens is 517 g/mol. The van der Waals surface area contributed by atoms with Crippen molar-refractivity contribution in [1.82, 2.24) is 4.98 Å². The maximum atomic E-state index is 12.6. The average Bonchev–Trinajstić information content (AvgIpc) is 3.41. The number of hydrogen-bond donors (Lipinski definition) is 1. The number of halogens is 2. The molecule has 1 N–H and O–H groups in total. The number of allylic oxidation sites excluding steroid dienone is 1. The summed E-state index contributed by atoms with van der Waals surface area (Å²) in [6.45, 7) is 5.43. The number of rotatable bonds is 8. The molecule has 0 spiro atoms. The summed E-state index contributed by atoms with van der Waals surface area (Å²) in [5.41, 5.74) is 2.32. The lowest BCUT2D eigenvalue weighted by Gasteiger charge is -2.05. The molecule has 0 aliphatic heterocycles. The number of carbonyl (C=O) groups is 2. The van der Waals surface area contributed by atoms with Crippen LogP contribution >= 0.6 is 45.9 Å². The highest BCUT2D eigenvalue weighted by atomic mass is 35.5. The number of aromatic nitrogens is 1. The third-order valence-electron chi connectivity index (χ3n) is 4.51. The van der Waals surface area contributed by atoms with Gasteiger partial charge in [0.15, 0.2) is 0 Å². The molecule has 2 heterocycles. The van der Waals surface area contributed by atoms with E-state index in [1.54, 1.807) is 44.4 Å². The van der Waals surface area contributed by atoms with Crippen LogP contribution in [0, 0.1) is 18.3 Å². The number of thiophene rings is 1. The van der Waals surface area contributed by atoms with Gasteiger partial charge < -0.3 is 14.8 Å². The van der Waals surface area contributed by atoms with E-state index in [1.807, 2.05) is 0 Å². The van der Waals surface area contributed by atoms with E-state index in [9.17, 15) is 14.9 Å². The number of nitrogens with one attached hydrogen (secondary N) is 1. The lowest BCUT2D eigenvalue weighted by atomic mass is 10.1. The van der Waals surface area contributed by atoms with E-state index >= 15 is 0 Å². The Bertz CT molecular complexity index is 1310. The van der Waals surface area contributed by atoms with Gasteiger partial charge in [-0.3, -0.25) is 0 Å². The molecule has 11 heteroatoms. The standard InChI is InChI=1S/C23H19Cl2N3O4S2/c1-4-31-22(29)18-12(3)19(23(30)32-5-2)34-21(18)27-10-14(9-26)20-28-17(11-33-20)13-6-7-15(24)16(25)8-13/h6-8,10-11,27H,4-5H2,1-3H3/b14-10-. The molecule has 2 aromatic heterocycles. The molecule has 0 unspecified atom stereocenters. The Labute approximate surface area is 214 Å². The van der Waals surface area contributed by atoms with Gasteiger partial charge in [0.25, 0.3) is 0 Å². The smallest absolute Gasteiger partial charge is 0.348 e. The topological polar surface area (TPSA) is 101 Å². The highest BCUT2D eigenvalue weighted by molar-refractivity contribution is 7.18. The molecule has 0 amide bonds. The van der Waals surface area contributed by atoms with Crippen molar-refractivity contribution >= 4 is 68.4 Å². The fraction of sp³-hybridized carbons (Fsp3) is 0.217. The van der Waals surface area contributed by atoms with Crippen molar-refractivity contribution in [3.63, 3.8) is 0 Å². The molecular formula is C23H19Cl2N3O4S2. The molecule has 0 saturated heterocycles. The van der Waals surface area contributed by atoms with E-state index in [1.165, 1.54) is 17.5 Å². The molecule has 7 nitrogen and oxygen atoms in total. The van der Waals surface area contributed by atoms with Gasteiger partial charge >= 0.3 is 11.9 Å². The minimum Gasteiger partial charge on any atom is -0.462 e. The second-order valence-electron chi connectivity index (χ2n) is 6.68. The van der Waals surface area contributed by atoms with Crippen molar-refractivity contribution in [3.8, 4) is 17.3 Å². The number of nitrogens with zero attached hydrogens (tertiary/aromatic N) is 2. The summed E-state index contributed by atoms with van der Waals surface area (Å²) in [5, 5.41) is 16.2. The van der Waals surface area contributed by atoms with E-state index in [2.05, 4.69) is 16.4 Å². The molecule has 0 atom stereocenters. The zero-order valence-electron chi connectivity index (χ0n) is 18.4. The summed E-state index contributed by atoms with van der Waals surface area (Å²) in [6, 6.07) is 7.28. The number of anilines is 1. The SMILES string of the molecule is CCOC(=O)c1sc(N/C=C(/C#N)c2nc(-c3ccc(Cl)c(Cl)c3)cs2)c(C(=O)OCC)c1C. The van der Waals surface area contributed by atoms with Gasteiger partial charge in [0.1, 0.15) is 26.5 Å². The molecule has 0 saturated carbocycles. The number of esters is 2. The molecule has 0 radical (unpaired) electrons. The molecule has 34 heavy (non-hydrogen) atoms. The molecule has 0 fully saturated rings. The van der Waals surface area contributed by atoms with Crippen molar-refractivity contribution in [3.05, 3.63) is 60.8 Å². The van der Waals surface area contributed by atoms with Gasteiger partial charge in [-0.25, -0.2) is 14.6 Å². The van der Waals surface area contributed by atoms with Crippen molar-refractivity contribution < 1.29 is 19.1 Å². The second-order valence-corrected chi connectivity index (χ2v) is 9.38. The Morgan fingerprint density at radius 3 is 2.53 bits per heavy atom. The summed E-state index contributed by atoms with van der Waals surface area (Å²) in [7, 11) is 0. The number of benzene rings is 1. The van der Waals surface area contributed by atoms with Gasteiger partial charge in [0.05, 0.1) is 34.5 Å². The molecule has 0 aliphatic rings. The van der Waals surface area contributed by atoms with Crippen LogP contribution in [0.5, 0.6) is 0 Å². The molecule has 3 aromatic rings. The first kappa shape index (κ1) is 25.7.